The maximum absolute atomic E-state index is 11.5. The first kappa shape index (κ1) is 22.5. The summed E-state index contributed by atoms with van der Waals surface area (Å²) in [6, 6.07) is 15.5. The molecule has 0 unspecified atom stereocenters. The number of aromatic carboxylic acids is 3. The smallest absolute Gasteiger partial charge is 0.339 e. The Morgan fingerprint density at radius 2 is 1.00 bits per heavy atom. The molecule has 0 saturated heterocycles. The number of para-hydroxylation sites is 2. The monoisotopic (exact) mass is 449 g/mol. The van der Waals surface area contributed by atoms with E-state index in [2.05, 4.69) is 0 Å². The van der Waals surface area contributed by atoms with Gasteiger partial charge in [-0.05, 0) is 36.4 Å². The summed E-state index contributed by atoms with van der Waals surface area (Å²) in [4.78, 5) is 34.1. The van der Waals surface area contributed by atoms with Gasteiger partial charge in [-0.15, -0.1) is 0 Å². The first-order valence-electron chi connectivity index (χ1n) is 8.24. The molecule has 3 rings (SSSR count). The summed E-state index contributed by atoms with van der Waals surface area (Å²) in [6.45, 7) is 0. The molecule has 3 aromatic carbocycles. The first-order chi connectivity index (χ1) is 13.8. The molecule has 1 radical (unpaired) electrons. The molecule has 3 N–H and O–H groups in total. The molecule has 0 aromatic heterocycles. The van der Waals surface area contributed by atoms with Crippen LogP contribution in [0.25, 0.3) is 0 Å². The third-order valence-corrected chi connectivity index (χ3v) is 3.82. The Kier molecular flexibility index (Phi) is 7.19. The van der Waals surface area contributed by atoms with Crippen LogP contribution in [0.1, 0.15) is 31.1 Å². The molecule has 0 saturated carbocycles. The number of benzene rings is 3. The average Bonchev–Trinajstić information content (AvgIpc) is 2.68. The van der Waals surface area contributed by atoms with Crippen molar-refractivity contribution in [1.82, 2.24) is 0 Å². The molecule has 0 heterocycles. The number of carboxylic acids is 3. The fourth-order valence-corrected chi connectivity index (χ4v) is 2.53. The Hall–Kier alpha value is -3.81. The first-order valence-corrected chi connectivity index (χ1v) is 8.24. The Labute approximate surface area is 180 Å². The molecule has 9 heteroatoms. The zero-order valence-electron chi connectivity index (χ0n) is 15.1. The Bertz CT molecular complexity index is 1030. The molecule has 0 aliphatic rings. The Balaban J connectivity index is 0.00000320. The summed E-state index contributed by atoms with van der Waals surface area (Å²) in [5.74, 6) is -3.62. The predicted octanol–water partition coefficient (Wildman–Crippen LogP) is 4.36. The van der Waals surface area contributed by atoms with Crippen molar-refractivity contribution in [1.29, 1.82) is 0 Å². The van der Waals surface area contributed by atoms with Gasteiger partial charge in [0.15, 0.2) is 0 Å². The summed E-state index contributed by atoms with van der Waals surface area (Å²) in [7, 11) is 0. The predicted molar refractivity (Wildman–Crippen MR) is 100 cm³/mol. The van der Waals surface area contributed by atoms with Crippen LogP contribution in [0.2, 0.25) is 0 Å². The second-order valence-corrected chi connectivity index (χ2v) is 5.80. The minimum absolute atomic E-state index is 0. The van der Waals surface area contributed by atoms with Gasteiger partial charge in [0.1, 0.15) is 34.1 Å². The fraction of sp³-hybridized carbons (Fsp3) is 0. The van der Waals surface area contributed by atoms with Crippen molar-refractivity contribution >= 4 is 17.9 Å². The van der Waals surface area contributed by atoms with Crippen molar-refractivity contribution in [3.05, 3.63) is 83.4 Å². The van der Waals surface area contributed by atoms with E-state index in [1.54, 1.807) is 12.1 Å². The van der Waals surface area contributed by atoms with E-state index in [9.17, 15) is 29.7 Å². The molecule has 30 heavy (non-hydrogen) atoms. The van der Waals surface area contributed by atoms with Crippen molar-refractivity contribution in [3.63, 3.8) is 0 Å². The van der Waals surface area contributed by atoms with Gasteiger partial charge in [0.25, 0.3) is 0 Å². The average molecular weight is 449 g/mol. The van der Waals surface area contributed by atoms with Gasteiger partial charge in [-0.1, -0.05) is 24.3 Å². The van der Waals surface area contributed by atoms with Crippen LogP contribution in [0.5, 0.6) is 23.0 Å². The standard InChI is InChI=1S/C21H14O8.Mn/c22-19(23)12-9-13(28-17-7-3-1-5-15(17)20(24)25)11-14(10-12)29-18-8-4-2-6-16(18)21(26)27;/h1-11H,(H,22,23)(H,24,25)(H,26,27);. The third kappa shape index (κ3) is 5.16. The third-order valence-electron chi connectivity index (χ3n) is 3.82. The Morgan fingerprint density at radius 1 is 0.600 bits per heavy atom. The SMILES string of the molecule is O=C(O)c1cc(Oc2ccccc2C(=O)O)cc(Oc2ccccc2C(=O)O)c1.[Mn]. The molecule has 0 amide bonds. The summed E-state index contributed by atoms with van der Waals surface area (Å²) in [5.41, 5.74) is -0.392. The second kappa shape index (κ2) is 9.60. The molecule has 0 aliphatic carbocycles. The van der Waals surface area contributed by atoms with E-state index in [0.29, 0.717) is 0 Å². The van der Waals surface area contributed by atoms with E-state index in [4.69, 9.17) is 9.47 Å². The van der Waals surface area contributed by atoms with Crippen LogP contribution in [0.3, 0.4) is 0 Å². The quantitative estimate of drug-likeness (QED) is 0.454. The van der Waals surface area contributed by atoms with Crippen LogP contribution in [-0.2, 0) is 17.1 Å². The molecule has 0 aliphatic heterocycles. The van der Waals surface area contributed by atoms with Gasteiger partial charge in [0, 0.05) is 23.1 Å². The minimum Gasteiger partial charge on any atom is -0.478 e. The van der Waals surface area contributed by atoms with Gasteiger partial charge < -0.3 is 24.8 Å². The van der Waals surface area contributed by atoms with Crippen molar-refractivity contribution in [2.24, 2.45) is 0 Å². The van der Waals surface area contributed by atoms with E-state index >= 15 is 0 Å². The van der Waals surface area contributed by atoms with Crippen molar-refractivity contribution < 1.29 is 56.2 Å². The Morgan fingerprint density at radius 3 is 1.37 bits per heavy atom. The molecule has 3 aromatic rings. The fourth-order valence-electron chi connectivity index (χ4n) is 2.53. The number of hydrogen-bond donors (Lipinski definition) is 3. The normalized spacial score (nSPS) is 9.87. The zero-order valence-corrected chi connectivity index (χ0v) is 16.3. The van der Waals surface area contributed by atoms with Crippen molar-refractivity contribution in [3.8, 4) is 23.0 Å². The maximum atomic E-state index is 11.5. The molecular formula is C21H14MnO8. The van der Waals surface area contributed by atoms with Gasteiger partial charge in [0.2, 0.25) is 0 Å². The summed E-state index contributed by atoms with van der Waals surface area (Å²) < 4.78 is 11.2. The largest absolute Gasteiger partial charge is 0.478 e. The van der Waals surface area contributed by atoms with E-state index in [1.807, 2.05) is 0 Å². The van der Waals surface area contributed by atoms with Crippen LogP contribution in [-0.4, -0.2) is 33.2 Å². The van der Waals surface area contributed by atoms with Gasteiger partial charge in [-0.25, -0.2) is 14.4 Å². The number of ether oxygens (including phenoxy) is 2. The van der Waals surface area contributed by atoms with Crippen LogP contribution in [0, 0.1) is 0 Å². The molecule has 153 valence electrons. The zero-order chi connectivity index (χ0) is 21.0. The number of rotatable bonds is 7. The van der Waals surface area contributed by atoms with Crippen LogP contribution >= 0.6 is 0 Å². The molecule has 0 fully saturated rings. The molecule has 0 spiro atoms. The van der Waals surface area contributed by atoms with E-state index < -0.39 is 17.9 Å². The maximum Gasteiger partial charge on any atom is 0.339 e. The topological polar surface area (TPSA) is 130 Å². The van der Waals surface area contributed by atoms with Crippen molar-refractivity contribution in [2.45, 2.75) is 0 Å². The van der Waals surface area contributed by atoms with Crippen molar-refractivity contribution in [2.75, 3.05) is 0 Å². The number of carboxylic acid groups (broad SMARTS) is 3. The van der Waals surface area contributed by atoms with Crippen LogP contribution in [0.15, 0.2) is 66.7 Å². The van der Waals surface area contributed by atoms with E-state index in [-0.39, 0.29) is 56.8 Å². The summed E-state index contributed by atoms with van der Waals surface area (Å²) in [6.07, 6.45) is 0. The second-order valence-electron chi connectivity index (χ2n) is 5.80. The van der Waals surface area contributed by atoms with Crippen LogP contribution < -0.4 is 9.47 Å². The molecule has 0 bridgehead atoms. The van der Waals surface area contributed by atoms with Crippen LogP contribution in [0.4, 0.5) is 0 Å². The number of carbonyl (C=O) groups is 3. The van der Waals surface area contributed by atoms with Gasteiger partial charge in [0.05, 0.1) is 5.56 Å². The summed E-state index contributed by atoms with van der Waals surface area (Å²) in [5, 5.41) is 27.9. The number of hydrogen-bond acceptors (Lipinski definition) is 5. The minimum atomic E-state index is -1.27. The van der Waals surface area contributed by atoms with E-state index in [0.717, 1.165) is 0 Å². The van der Waals surface area contributed by atoms with E-state index in [1.165, 1.54) is 54.6 Å². The van der Waals surface area contributed by atoms with Gasteiger partial charge in [-0.2, -0.15) is 0 Å². The van der Waals surface area contributed by atoms with Gasteiger partial charge in [-0.3, -0.25) is 0 Å². The molecular weight excluding hydrogens is 435 g/mol. The summed E-state index contributed by atoms with van der Waals surface area (Å²) >= 11 is 0. The van der Waals surface area contributed by atoms with Gasteiger partial charge >= 0.3 is 17.9 Å². The molecule has 0 atom stereocenters. The molecule has 8 nitrogen and oxygen atoms in total.